The molecule has 21 heavy (non-hydrogen) atoms. The highest BCUT2D eigenvalue weighted by molar-refractivity contribution is 7.15. The second-order valence-electron chi connectivity index (χ2n) is 5.21. The van der Waals surface area contributed by atoms with E-state index in [2.05, 4.69) is 19.1 Å². The number of hydrogen-bond acceptors (Lipinski definition) is 4. The summed E-state index contributed by atoms with van der Waals surface area (Å²) in [6, 6.07) is 7.90. The molecule has 1 aromatic carbocycles. The Morgan fingerprint density at radius 1 is 1.38 bits per heavy atom. The third kappa shape index (κ3) is 3.04. The van der Waals surface area contributed by atoms with Crippen LogP contribution in [0.15, 0.2) is 24.3 Å². The van der Waals surface area contributed by atoms with Gasteiger partial charge in [-0.3, -0.25) is 4.90 Å². The maximum Gasteiger partial charge on any atom is 0.165 e. The van der Waals surface area contributed by atoms with Gasteiger partial charge < -0.3 is 9.84 Å². The summed E-state index contributed by atoms with van der Waals surface area (Å²) >= 11 is 1.69. The van der Waals surface area contributed by atoms with Gasteiger partial charge in [-0.15, -0.1) is 11.3 Å². The third-order valence-corrected chi connectivity index (χ3v) is 4.67. The summed E-state index contributed by atoms with van der Waals surface area (Å²) in [5.41, 5.74) is 1.90. The number of ether oxygens (including phenoxy) is 1. The van der Waals surface area contributed by atoms with Crippen LogP contribution < -0.4 is 4.74 Å². The van der Waals surface area contributed by atoms with Gasteiger partial charge in [0.1, 0.15) is 13.3 Å². The number of halogens is 1. The maximum absolute atomic E-state index is 12.6. The van der Waals surface area contributed by atoms with Crippen molar-refractivity contribution in [3.05, 3.63) is 34.7 Å². The topological polar surface area (TPSA) is 32.7 Å². The lowest BCUT2D eigenvalue weighted by atomic mass is 10.1. The molecule has 2 heterocycles. The maximum atomic E-state index is 12.6. The molecule has 0 atom stereocenters. The Morgan fingerprint density at radius 2 is 2.24 bits per heavy atom. The molecule has 0 bridgehead atoms. The van der Waals surface area contributed by atoms with Crippen LogP contribution in [0.25, 0.3) is 10.4 Å². The minimum absolute atomic E-state index is 0.163. The second kappa shape index (κ2) is 6.03. The highest BCUT2D eigenvalue weighted by Gasteiger charge is 2.19. The molecule has 0 unspecified atom stereocenters. The molecule has 1 aliphatic rings. The molecule has 5 heteroatoms. The zero-order valence-electron chi connectivity index (χ0n) is 11.9. The van der Waals surface area contributed by atoms with E-state index in [1.54, 1.807) is 17.4 Å². The molecule has 3 rings (SSSR count). The standard InChI is InChI=1S/C16H18FNO2S/c1-11-2-3-15(21-11)12-8-13-10-18(5-4-17)6-7-20-16(13)14(19)9-12/h2-3,8-9,19H,4-7,10H2,1H3. The molecule has 0 amide bonds. The van der Waals surface area contributed by atoms with Crippen molar-refractivity contribution < 1.29 is 14.2 Å². The Kier molecular flexibility index (Phi) is 4.12. The van der Waals surface area contributed by atoms with Gasteiger partial charge in [0, 0.05) is 35.0 Å². The third-order valence-electron chi connectivity index (χ3n) is 3.62. The molecule has 2 aromatic rings. The summed E-state index contributed by atoms with van der Waals surface area (Å²) in [5, 5.41) is 10.2. The van der Waals surface area contributed by atoms with Crippen LogP contribution in [0.5, 0.6) is 11.5 Å². The van der Waals surface area contributed by atoms with Crippen LogP contribution >= 0.6 is 11.3 Å². The van der Waals surface area contributed by atoms with Gasteiger partial charge >= 0.3 is 0 Å². The Morgan fingerprint density at radius 3 is 2.95 bits per heavy atom. The van der Waals surface area contributed by atoms with Gasteiger partial charge in [0.05, 0.1) is 0 Å². The van der Waals surface area contributed by atoms with Crippen LogP contribution in [0.1, 0.15) is 10.4 Å². The first-order valence-corrected chi connectivity index (χ1v) is 7.83. The molecular formula is C16H18FNO2S. The first-order valence-electron chi connectivity index (χ1n) is 7.01. The average Bonchev–Trinajstić information content (AvgIpc) is 2.77. The van der Waals surface area contributed by atoms with Crippen molar-refractivity contribution in [2.24, 2.45) is 0 Å². The fraction of sp³-hybridized carbons (Fsp3) is 0.375. The fourth-order valence-electron chi connectivity index (χ4n) is 2.60. The normalized spacial score (nSPS) is 15.3. The highest BCUT2D eigenvalue weighted by atomic mass is 32.1. The SMILES string of the molecule is Cc1ccc(-c2cc(O)c3c(c2)CN(CCF)CCO3)s1. The molecule has 3 nitrogen and oxygen atoms in total. The summed E-state index contributed by atoms with van der Waals surface area (Å²) < 4.78 is 18.2. The molecule has 1 aromatic heterocycles. The van der Waals surface area contributed by atoms with E-state index in [0.717, 1.165) is 16.0 Å². The molecule has 0 spiro atoms. The van der Waals surface area contributed by atoms with Gasteiger partial charge in [-0.25, -0.2) is 4.39 Å². The number of aryl methyl sites for hydroxylation is 1. The molecule has 0 saturated carbocycles. The van der Waals surface area contributed by atoms with E-state index >= 15 is 0 Å². The van der Waals surface area contributed by atoms with Crippen LogP contribution in [0, 0.1) is 6.92 Å². The molecule has 112 valence electrons. The summed E-state index contributed by atoms with van der Waals surface area (Å²) in [6.45, 7) is 3.83. The van der Waals surface area contributed by atoms with Crippen LogP contribution in [0.4, 0.5) is 4.39 Å². The smallest absolute Gasteiger partial charge is 0.165 e. The predicted octanol–water partition coefficient (Wildman–Crippen LogP) is 3.59. The minimum atomic E-state index is -0.370. The quantitative estimate of drug-likeness (QED) is 0.940. The number of nitrogens with zero attached hydrogens (tertiary/aromatic N) is 1. The molecule has 0 radical (unpaired) electrons. The summed E-state index contributed by atoms with van der Waals surface area (Å²) in [5.74, 6) is 0.698. The number of hydrogen-bond donors (Lipinski definition) is 1. The lowest BCUT2D eigenvalue weighted by Crippen LogP contribution is -2.27. The highest BCUT2D eigenvalue weighted by Crippen LogP contribution is 2.39. The van der Waals surface area contributed by atoms with Crippen molar-refractivity contribution in [3.8, 4) is 21.9 Å². The van der Waals surface area contributed by atoms with Gasteiger partial charge in [0.25, 0.3) is 0 Å². The zero-order chi connectivity index (χ0) is 14.8. The van der Waals surface area contributed by atoms with Crippen LogP contribution in [-0.2, 0) is 6.54 Å². The number of phenols is 1. The van der Waals surface area contributed by atoms with Crippen LogP contribution in [-0.4, -0.2) is 36.4 Å². The van der Waals surface area contributed by atoms with Crippen molar-refractivity contribution in [1.82, 2.24) is 4.90 Å². The summed E-state index contributed by atoms with van der Waals surface area (Å²) in [6.07, 6.45) is 0. The largest absolute Gasteiger partial charge is 0.504 e. The van der Waals surface area contributed by atoms with Crippen molar-refractivity contribution in [1.29, 1.82) is 0 Å². The number of phenolic OH excluding ortho intramolecular Hbond substituents is 1. The van der Waals surface area contributed by atoms with Crippen molar-refractivity contribution in [3.63, 3.8) is 0 Å². The van der Waals surface area contributed by atoms with Gasteiger partial charge in [-0.2, -0.15) is 0 Å². The van der Waals surface area contributed by atoms with E-state index in [1.807, 2.05) is 11.0 Å². The van der Waals surface area contributed by atoms with Gasteiger partial charge in [0.2, 0.25) is 0 Å². The Balaban J connectivity index is 1.98. The lowest BCUT2D eigenvalue weighted by molar-refractivity contribution is 0.209. The van der Waals surface area contributed by atoms with Gasteiger partial charge in [-0.1, -0.05) is 0 Å². The van der Waals surface area contributed by atoms with Crippen LogP contribution in [0.2, 0.25) is 0 Å². The summed E-state index contributed by atoms with van der Waals surface area (Å²) in [7, 11) is 0. The van der Waals surface area contributed by atoms with Crippen molar-refractivity contribution in [2.75, 3.05) is 26.4 Å². The Labute approximate surface area is 127 Å². The molecule has 0 saturated heterocycles. The number of benzene rings is 1. The zero-order valence-corrected chi connectivity index (χ0v) is 12.8. The number of thiophene rings is 1. The Bertz CT molecular complexity index is 641. The number of alkyl halides is 1. The number of aromatic hydroxyl groups is 1. The molecular weight excluding hydrogens is 289 g/mol. The number of rotatable bonds is 3. The van der Waals surface area contributed by atoms with E-state index in [4.69, 9.17) is 4.74 Å². The monoisotopic (exact) mass is 307 g/mol. The molecule has 1 aliphatic heterocycles. The lowest BCUT2D eigenvalue weighted by Gasteiger charge is -2.17. The second-order valence-corrected chi connectivity index (χ2v) is 6.50. The molecule has 1 N–H and O–H groups in total. The first kappa shape index (κ1) is 14.4. The fourth-order valence-corrected chi connectivity index (χ4v) is 3.45. The Hall–Kier alpha value is -1.59. The van der Waals surface area contributed by atoms with E-state index in [-0.39, 0.29) is 12.4 Å². The van der Waals surface area contributed by atoms with Crippen LogP contribution in [0.3, 0.4) is 0 Å². The molecule has 0 fully saturated rings. The molecule has 0 aliphatic carbocycles. The average molecular weight is 307 g/mol. The number of fused-ring (bicyclic) bond motifs is 1. The van der Waals surface area contributed by atoms with E-state index < -0.39 is 0 Å². The van der Waals surface area contributed by atoms with Gasteiger partial charge in [0.15, 0.2) is 11.5 Å². The predicted molar refractivity (Wildman–Crippen MR) is 82.9 cm³/mol. The van der Waals surface area contributed by atoms with Crippen molar-refractivity contribution in [2.45, 2.75) is 13.5 Å². The van der Waals surface area contributed by atoms with Crippen molar-refractivity contribution >= 4 is 11.3 Å². The first-order chi connectivity index (χ1) is 10.2. The van der Waals surface area contributed by atoms with E-state index in [1.165, 1.54) is 4.88 Å². The van der Waals surface area contributed by atoms with E-state index in [0.29, 0.717) is 32.0 Å². The van der Waals surface area contributed by atoms with E-state index in [9.17, 15) is 9.50 Å². The summed E-state index contributed by atoms with van der Waals surface area (Å²) in [4.78, 5) is 4.36. The minimum Gasteiger partial charge on any atom is -0.504 e. The van der Waals surface area contributed by atoms with Gasteiger partial charge in [-0.05, 0) is 36.8 Å².